The number of carbonyl (C=O) groups excluding carboxylic acids is 1. The molecule has 2 unspecified atom stereocenters. The van der Waals surface area contributed by atoms with Crippen molar-refractivity contribution in [2.24, 2.45) is 11.7 Å². The van der Waals surface area contributed by atoms with Gasteiger partial charge in [-0.1, -0.05) is 0 Å². The summed E-state index contributed by atoms with van der Waals surface area (Å²) < 4.78 is 32.5. The van der Waals surface area contributed by atoms with Gasteiger partial charge in [0, 0.05) is 18.0 Å². The van der Waals surface area contributed by atoms with Crippen LogP contribution in [0.3, 0.4) is 0 Å². The van der Waals surface area contributed by atoms with E-state index in [1.165, 1.54) is 19.2 Å². The highest BCUT2D eigenvalue weighted by Gasteiger charge is 2.30. The van der Waals surface area contributed by atoms with E-state index in [-0.39, 0.29) is 41.2 Å². The van der Waals surface area contributed by atoms with Crippen LogP contribution < -0.4 is 20.5 Å². The van der Waals surface area contributed by atoms with Gasteiger partial charge in [0.2, 0.25) is 15.9 Å². The maximum absolute atomic E-state index is 12.4. The second-order valence-corrected chi connectivity index (χ2v) is 8.23. The molecular formula is C16H24ClN3O4S. The minimum atomic E-state index is -3.58. The van der Waals surface area contributed by atoms with Crippen LogP contribution in [0, 0.1) is 5.92 Å². The highest BCUT2D eigenvalue weighted by Crippen LogP contribution is 2.31. The van der Waals surface area contributed by atoms with Crippen molar-refractivity contribution in [1.82, 2.24) is 4.72 Å². The van der Waals surface area contributed by atoms with E-state index in [1.54, 1.807) is 6.07 Å². The summed E-state index contributed by atoms with van der Waals surface area (Å²) in [7, 11) is -2.11. The lowest BCUT2D eigenvalue weighted by atomic mass is 10.1. The van der Waals surface area contributed by atoms with Crippen LogP contribution in [0.5, 0.6) is 5.75 Å². The number of carbonyl (C=O) groups is 1. The van der Waals surface area contributed by atoms with Gasteiger partial charge >= 0.3 is 0 Å². The van der Waals surface area contributed by atoms with Crippen LogP contribution in [0.25, 0.3) is 0 Å². The normalized spacial score (nSPS) is 23.0. The quantitative estimate of drug-likeness (QED) is 0.684. The van der Waals surface area contributed by atoms with E-state index in [0.717, 1.165) is 25.7 Å². The number of amides is 1. The maximum atomic E-state index is 12.4. The van der Waals surface area contributed by atoms with Gasteiger partial charge in [-0.25, -0.2) is 13.1 Å². The molecule has 2 atom stereocenters. The van der Waals surface area contributed by atoms with Crippen molar-refractivity contribution in [3.63, 3.8) is 0 Å². The number of hydrogen-bond donors (Lipinski definition) is 3. The van der Waals surface area contributed by atoms with Crippen molar-refractivity contribution in [3.05, 3.63) is 18.2 Å². The molecule has 0 spiro atoms. The minimum absolute atomic E-state index is 0. The second kappa shape index (κ2) is 7.90. The van der Waals surface area contributed by atoms with E-state index in [9.17, 15) is 13.2 Å². The SMILES string of the molecule is COc1ccc(S(=O)(=O)NC2CC2)cc1NC(=O)C1CCC(N)C1.Cl. The first-order chi connectivity index (χ1) is 11.4. The van der Waals surface area contributed by atoms with Crippen molar-refractivity contribution in [2.45, 2.75) is 49.1 Å². The van der Waals surface area contributed by atoms with Crippen molar-refractivity contribution < 1.29 is 17.9 Å². The van der Waals surface area contributed by atoms with Crippen LogP contribution in [0.15, 0.2) is 23.1 Å². The van der Waals surface area contributed by atoms with Gasteiger partial charge in [0.1, 0.15) is 5.75 Å². The predicted octanol–water partition coefficient (Wildman–Crippen LogP) is 1.62. The molecule has 1 aromatic carbocycles. The van der Waals surface area contributed by atoms with E-state index in [4.69, 9.17) is 10.5 Å². The molecule has 0 saturated heterocycles. The third-order valence-electron chi connectivity index (χ3n) is 4.48. The Balaban J connectivity index is 0.00000225. The van der Waals surface area contributed by atoms with Crippen LogP contribution in [-0.4, -0.2) is 33.5 Å². The van der Waals surface area contributed by atoms with Gasteiger partial charge in [0.25, 0.3) is 0 Å². The van der Waals surface area contributed by atoms with E-state index in [2.05, 4.69) is 10.0 Å². The molecule has 2 saturated carbocycles. The topological polar surface area (TPSA) is 111 Å². The Morgan fingerprint density at radius 3 is 2.52 bits per heavy atom. The summed E-state index contributed by atoms with van der Waals surface area (Å²) in [6.07, 6.45) is 3.95. The molecule has 140 valence electrons. The number of anilines is 1. The third kappa shape index (κ3) is 4.84. The van der Waals surface area contributed by atoms with E-state index >= 15 is 0 Å². The molecule has 25 heavy (non-hydrogen) atoms. The zero-order chi connectivity index (χ0) is 17.3. The number of nitrogens with two attached hydrogens (primary N) is 1. The Hall–Kier alpha value is -1.35. The Kier molecular flexibility index (Phi) is 6.31. The number of benzene rings is 1. The Morgan fingerprint density at radius 2 is 1.96 bits per heavy atom. The first-order valence-electron chi connectivity index (χ1n) is 8.16. The molecule has 0 bridgehead atoms. The van der Waals surface area contributed by atoms with Crippen LogP contribution in [0.4, 0.5) is 5.69 Å². The molecule has 7 nitrogen and oxygen atoms in total. The fraction of sp³-hybridized carbons (Fsp3) is 0.562. The number of ether oxygens (including phenoxy) is 1. The number of nitrogens with one attached hydrogen (secondary N) is 2. The zero-order valence-corrected chi connectivity index (χ0v) is 15.7. The lowest BCUT2D eigenvalue weighted by molar-refractivity contribution is -0.119. The Labute approximate surface area is 154 Å². The lowest BCUT2D eigenvalue weighted by Crippen LogP contribution is -2.26. The highest BCUT2D eigenvalue weighted by atomic mass is 35.5. The smallest absolute Gasteiger partial charge is 0.240 e. The van der Waals surface area contributed by atoms with Crippen LogP contribution in [-0.2, 0) is 14.8 Å². The van der Waals surface area contributed by atoms with Gasteiger partial charge in [-0.15, -0.1) is 12.4 Å². The van der Waals surface area contributed by atoms with E-state index in [0.29, 0.717) is 17.9 Å². The monoisotopic (exact) mass is 389 g/mol. The van der Waals surface area contributed by atoms with Crippen LogP contribution >= 0.6 is 12.4 Å². The van der Waals surface area contributed by atoms with Crippen LogP contribution in [0.2, 0.25) is 0 Å². The number of hydrogen-bond acceptors (Lipinski definition) is 5. The first kappa shape index (κ1) is 20.0. The molecular weight excluding hydrogens is 366 g/mol. The number of halogens is 1. The van der Waals surface area contributed by atoms with Gasteiger partial charge < -0.3 is 15.8 Å². The predicted molar refractivity (Wildman–Crippen MR) is 97.5 cm³/mol. The number of rotatable bonds is 6. The highest BCUT2D eigenvalue weighted by molar-refractivity contribution is 7.89. The summed E-state index contributed by atoms with van der Waals surface area (Å²) in [5.41, 5.74) is 6.22. The number of methoxy groups -OCH3 is 1. The molecule has 0 aliphatic heterocycles. The van der Waals surface area contributed by atoms with Crippen molar-refractivity contribution in [2.75, 3.05) is 12.4 Å². The summed E-state index contributed by atoms with van der Waals surface area (Å²) >= 11 is 0. The second-order valence-electron chi connectivity index (χ2n) is 6.52. The zero-order valence-electron chi connectivity index (χ0n) is 14.0. The molecule has 0 aromatic heterocycles. The molecule has 0 radical (unpaired) electrons. The van der Waals surface area contributed by atoms with Gasteiger partial charge in [-0.05, 0) is 50.3 Å². The Bertz CT molecular complexity index is 737. The molecule has 2 aliphatic rings. The lowest BCUT2D eigenvalue weighted by Gasteiger charge is -2.15. The molecule has 1 amide bonds. The first-order valence-corrected chi connectivity index (χ1v) is 9.64. The molecule has 4 N–H and O–H groups in total. The third-order valence-corrected chi connectivity index (χ3v) is 6.00. The molecule has 0 heterocycles. The van der Waals surface area contributed by atoms with E-state index in [1.807, 2.05) is 0 Å². The average Bonchev–Trinajstić information content (AvgIpc) is 3.23. The summed E-state index contributed by atoms with van der Waals surface area (Å²) in [5, 5.41) is 2.79. The summed E-state index contributed by atoms with van der Waals surface area (Å²) in [4.78, 5) is 12.5. The maximum Gasteiger partial charge on any atom is 0.240 e. The summed E-state index contributed by atoms with van der Waals surface area (Å²) in [5.74, 6) is 0.136. The van der Waals surface area contributed by atoms with Gasteiger partial charge in [-0.3, -0.25) is 4.79 Å². The Morgan fingerprint density at radius 1 is 1.24 bits per heavy atom. The number of sulfonamides is 1. The standard InChI is InChI=1S/C16H23N3O4S.ClH/c1-23-15-7-6-13(24(21,22)19-12-4-5-12)9-14(15)18-16(20)10-2-3-11(17)8-10;/h6-7,9-12,19H,2-5,8,17H2,1H3,(H,18,20);1H. The average molecular weight is 390 g/mol. The van der Waals surface area contributed by atoms with E-state index < -0.39 is 10.0 Å². The molecule has 3 rings (SSSR count). The molecule has 2 fully saturated rings. The van der Waals surface area contributed by atoms with Crippen molar-refractivity contribution in [1.29, 1.82) is 0 Å². The molecule has 2 aliphatic carbocycles. The van der Waals surface area contributed by atoms with Crippen molar-refractivity contribution in [3.8, 4) is 5.75 Å². The largest absolute Gasteiger partial charge is 0.495 e. The van der Waals surface area contributed by atoms with Gasteiger partial charge in [0.05, 0.1) is 17.7 Å². The fourth-order valence-electron chi connectivity index (χ4n) is 2.93. The minimum Gasteiger partial charge on any atom is -0.495 e. The summed E-state index contributed by atoms with van der Waals surface area (Å²) in [6.45, 7) is 0. The van der Waals surface area contributed by atoms with Gasteiger partial charge in [-0.2, -0.15) is 0 Å². The summed E-state index contributed by atoms with van der Waals surface area (Å²) in [6, 6.07) is 4.55. The molecule has 1 aromatic rings. The van der Waals surface area contributed by atoms with Crippen molar-refractivity contribution >= 4 is 34.0 Å². The van der Waals surface area contributed by atoms with Gasteiger partial charge in [0.15, 0.2) is 0 Å². The van der Waals surface area contributed by atoms with Crippen LogP contribution in [0.1, 0.15) is 32.1 Å². The fourth-order valence-corrected chi connectivity index (χ4v) is 4.26. The molecule has 9 heteroatoms.